The molecule has 0 aliphatic heterocycles. The lowest BCUT2D eigenvalue weighted by Crippen LogP contribution is -2.23. The minimum absolute atomic E-state index is 0.0817. The third kappa shape index (κ3) is 5.03. The molecule has 1 heterocycles. The largest absolute Gasteiger partial charge is 0.493 e. The quantitative estimate of drug-likeness (QED) is 0.672. The van der Waals surface area contributed by atoms with E-state index < -0.39 is 17.5 Å². The minimum atomic E-state index is -0.803. The number of rotatable bonds is 7. The molecule has 0 aliphatic rings. The third-order valence-corrected chi connectivity index (χ3v) is 3.95. The Morgan fingerprint density at radius 2 is 1.68 bits per heavy atom. The van der Waals surface area contributed by atoms with Crippen LogP contribution in [-0.4, -0.2) is 18.0 Å². The maximum absolute atomic E-state index is 13.2. The second kappa shape index (κ2) is 8.94. The molecule has 2 aromatic carbocycles. The first-order chi connectivity index (χ1) is 13.5. The van der Waals surface area contributed by atoms with Crippen molar-refractivity contribution in [3.05, 3.63) is 89.2 Å². The Hall–Kier alpha value is -3.48. The van der Waals surface area contributed by atoms with Crippen molar-refractivity contribution in [1.82, 2.24) is 10.3 Å². The number of methoxy groups -OCH3 is 1. The molecule has 144 valence electrons. The zero-order valence-electron chi connectivity index (χ0n) is 15.1. The lowest BCUT2D eigenvalue weighted by molar-refractivity contribution is 0.0950. The normalized spacial score (nSPS) is 10.4. The lowest BCUT2D eigenvalue weighted by atomic mass is 10.1. The molecule has 0 unspecified atom stereocenters. The molecule has 0 atom stereocenters. The van der Waals surface area contributed by atoms with Gasteiger partial charge >= 0.3 is 0 Å². The zero-order valence-corrected chi connectivity index (χ0v) is 15.1. The average molecular weight is 384 g/mol. The standard InChI is InChI=1S/C21H18F2N2O3/c1-27-20-8-15(2-3-19(20)28-13-14-4-6-24-7-5-14)12-25-21(26)16-9-17(22)11-18(23)10-16/h2-11H,12-13H2,1H3,(H,25,26). The van der Waals surface area contributed by atoms with Crippen molar-refractivity contribution in [2.45, 2.75) is 13.2 Å². The van der Waals surface area contributed by atoms with E-state index >= 15 is 0 Å². The number of aromatic nitrogens is 1. The Morgan fingerprint density at radius 1 is 0.964 bits per heavy atom. The van der Waals surface area contributed by atoms with E-state index in [9.17, 15) is 13.6 Å². The lowest BCUT2D eigenvalue weighted by Gasteiger charge is -2.13. The van der Waals surface area contributed by atoms with E-state index in [-0.39, 0.29) is 12.1 Å². The van der Waals surface area contributed by atoms with Gasteiger partial charge in [-0.2, -0.15) is 0 Å². The number of carbonyl (C=O) groups is 1. The van der Waals surface area contributed by atoms with Crippen LogP contribution >= 0.6 is 0 Å². The SMILES string of the molecule is COc1cc(CNC(=O)c2cc(F)cc(F)c2)ccc1OCc1ccncc1. The number of benzene rings is 2. The van der Waals surface area contributed by atoms with Crippen LogP contribution in [0.5, 0.6) is 11.5 Å². The molecule has 0 fully saturated rings. The number of ether oxygens (including phenoxy) is 2. The van der Waals surface area contributed by atoms with Crippen LogP contribution in [0.2, 0.25) is 0 Å². The number of nitrogens with zero attached hydrogens (tertiary/aromatic N) is 1. The number of halogens is 2. The predicted octanol–water partition coefficient (Wildman–Crippen LogP) is 3.88. The molecule has 3 rings (SSSR count). The van der Waals surface area contributed by atoms with Gasteiger partial charge in [0.2, 0.25) is 0 Å². The molecule has 7 heteroatoms. The van der Waals surface area contributed by atoms with Gasteiger partial charge in [0, 0.05) is 30.6 Å². The summed E-state index contributed by atoms with van der Waals surface area (Å²) in [6, 6.07) is 11.6. The fourth-order valence-electron chi connectivity index (χ4n) is 2.55. The Morgan fingerprint density at radius 3 is 2.36 bits per heavy atom. The van der Waals surface area contributed by atoms with E-state index in [0.29, 0.717) is 24.2 Å². The van der Waals surface area contributed by atoms with Gasteiger partial charge in [0.15, 0.2) is 11.5 Å². The van der Waals surface area contributed by atoms with Crippen molar-refractivity contribution < 1.29 is 23.0 Å². The summed E-state index contributed by atoms with van der Waals surface area (Å²) in [6.07, 6.45) is 3.37. The molecule has 1 aromatic heterocycles. The van der Waals surface area contributed by atoms with E-state index in [1.54, 1.807) is 30.6 Å². The molecule has 5 nitrogen and oxygen atoms in total. The molecule has 28 heavy (non-hydrogen) atoms. The second-order valence-electron chi connectivity index (χ2n) is 5.97. The first-order valence-electron chi connectivity index (χ1n) is 8.48. The molecule has 0 radical (unpaired) electrons. The van der Waals surface area contributed by atoms with Crippen LogP contribution in [0.15, 0.2) is 60.9 Å². The number of nitrogens with one attached hydrogen (secondary N) is 1. The molecule has 3 aromatic rings. The van der Waals surface area contributed by atoms with Crippen molar-refractivity contribution in [3.8, 4) is 11.5 Å². The molecule has 1 amide bonds. The van der Waals surface area contributed by atoms with E-state index in [1.807, 2.05) is 12.1 Å². The highest BCUT2D eigenvalue weighted by Crippen LogP contribution is 2.28. The first-order valence-corrected chi connectivity index (χ1v) is 8.48. The van der Waals surface area contributed by atoms with Gasteiger partial charge in [-0.1, -0.05) is 6.07 Å². The van der Waals surface area contributed by atoms with Crippen molar-refractivity contribution >= 4 is 5.91 Å². The fourth-order valence-corrected chi connectivity index (χ4v) is 2.55. The van der Waals surface area contributed by atoms with E-state index in [0.717, 1.165) is 23.3 Å². The van der Waals surface area contributed by atoms with Crippen LogP contribution in [0, 0.1) is 11.6 Å². The second-order valence-corrected chi connectivity index (χ2v) is 5.97. The van der Waals surface area contributed by atoms with Crippen molar-refractivity contribution in [2.75, 3.05) is 7.11 Å². The van der Waals surface area contributed by atoms with Crippen molar-refractivity contribution in [3.63, 3.8) is 0 Å². The van der Waals surface area contributed by atoms with Gasteiger partial charge < -0.3 is 14.8 Å². The third-order valence-electron chi connectivity index (χ3n) is 3.95. The molecule has 0 aliphatic carbocycles. The Labute approximate surface area is 160 Å². The van der Waals surface area contributed by atoms with E-state index in [4.69, 9.17) is 9.47 Å². The summed E-state index contributed by atoms with van der Waals surface area (Å²) in [6.45, 7) is 0.526. The van der Waals surface area contributed by atoms with Gasteiger partial charge in [0.1, 0.15) is 18.2 Å². The van der Waals surface area contributed by atoms with Gasteiger partial charge in [-0.3, -0.25) is 9.78 Å². The van der Waals surface area contributed by atoms with Gasteiger partial charge in [0.25, 0.3) is 5.91 Å². The van der Waals surface area contributed by atoms with Crippen LogP contribution in [0.3, 0.4) is 0 Å². The molecule has 0 saturated heterocycles. The summed E-state index contributed by atoms with van der Waals surface area (Å²) in [5.74, 6) is -1.11. The van der Waals surface area contributed by atoms with Crippen LogP contribution < -0.4 is 14.8 Å². The summed E-state index contributed by atoms with van der Waals surface area (Å²) in [5.41, 5.74) is 1.64. The van der Waals surface area contributed by atoms with Crippen LogP contribution in [0.1, 0.15) is 21.5 Å². The summed E-state index contributed by atoms with van der Waals surface area (Å²) < 4.78 is 37.6. The molecular formula is C21H18F2N2O3. The molecule has 0 bridgehead atoms. The minimum Gasteiger partial charge on any atom is -0.493 e. The number of pyridine rings is 1. The topological polar surface area (TPSA) is 60.5 Å². The smallest absolute Gasteiger partial charge is 0.251 e. The van der Waals surface area contributed by atoms with Gasteiger partial charge in [-0.15, -0.1) is 0 Å². The van der Waals surface area contributed by atoms with Gasteiger partial charge in [0.05, 0.1) is 7.11 Å². The highest BCUT2D eigenvalue weighted by atomic mass is 19.1. The van der Waals surface area contributed by atoms with Gasteiger partial charge in [-0.25, -0.2) is 8.78 Å². The summed E-state index contributed by atoms with van der Waals surface area (Å²) in [7, 11) is 1.52. The van der Waals surface area contributed by atoms with Crippen LogP contribution in [0.25, 0.3) is 0 Å². The van der Waals surface area contributed by atoms with Crippen molar-refractivity contribution in [1.29, 1.82) is 0 Å². The maximum Gasteiger partial charge on any atom is 0.251 e. The Balaban J connectivity index is 1.63. The highest BCUT2D eigenvalue weighted by Gasteiger charge is 2.11. The zero-order chi connectivity index (χ0) is 19.9. The number of hydrogen-bond donors (Lipinski definition) is 1. The Kier molecular flexibility index (Phi) is 6.16. The number of hydrogen-bond acceptors (Lipinski definition) is 4. The summed E-state index contributed by atoms with van der Waals surface area (Å²) in [4.78, 5) is 16.1. The van der Waals surface area contributed by atoms with E-state index in [2.05, 4.69) is 10.3 Å². The summed E-state index contributed by atoms with van der Waals surface area (Å²) in [5, 5.41) is 2.62. The predicted molar refractivity (Wildman–Crippen MR) is 99.1 cm³/mol. The monoisotopic (exact) mass is 384 g/mol. The van der Waals surface area contributed by atoms with Gasteiger partial charge in [-0.05, 0) is 47.5 Å². The first kappa shape index (κ1) is 19.3. The van der Waals surface area contributed by atoms with Crippen LogP contribution in [-0.2, 0) is 13.2 Å². The maximum atomic E-state index is 13.2. The number of amides is 1. The van der Waals surface area contributed by atoms with Crippen LogP contribution in [0.4, 0.5) is 8.78 Å². The van der Waals surface area contributed by atoms with E-state index in [1.165, 1.54) is 7.11 Å². The molecular weight excluding hydrogens is 366 g/mol. The Bertz CT molecular complexity index is 945. The molecule has 1 N–H and O–H groups in total. The summed E-state index contributed by atoms with van der Waals surface area (Å²) >= 11 is 0. The average Bonchev–Trinajstić information content (AvgIpc) is 2.70. The highest BCUT2D eigenvalue weighted by molar-refractivity contribution is 5.94. The fraction of sp³-hybridized carbons (Fsp3) is 0.143. The molecule has 0 spiro atoms. The molecule has 0 saturated carbocycles. The van der Waals surface area contributed by atoms with Crippen molar-refractivity contribution in [2.24, 2.45) is 0 Å². The number of carbonyl (C=O) groups excluding carboxylic acids is 1.